The van der Waals surface area contributed by atoms with E-state index in [1.165, 1.54) is 48.6 Å². The Hall–Kier alpha value is -9.32. The number of H-pyrrole nitrogens is 1. The van der Waals surface area contributed by atoms with Crippen LogP contribution in [0.1, 0.15) is 130 Å². The molecule has 129 heavy (non-hydrogen) atoms. The lowest BCUT2D eigenvalue weighted by Gasteiger charge is -2.44. The number of hydrogen-bond acceptors (Lipinski definition) is 25. The number of ether oxygens (including phenoxy) is 9. The number of aromatic amines is 1. The maximum atomic E-state index is 11.9. The van der Waals surface area contributed by atoms with Crippen LogP contribution < -0.4 is 0 Å². The number of benzene rings is 1. The third-order valence-corrected chi connectivity index (χ3v) is 29.8. The fraction of sp³-hybridized carbons (Fsp3) is 0.432. The van der Waals surface area contributed by atoms with Gasteiger partial charge in [0.05, 0.1) is 49.7 Å². The lowest BCUT2D eigenvalue weighted by molar-refractivity contribution is -0.282. The molecule has 0 unspecified atom stereocenters. The van der Waals surface area contributed by atoms with Gasteiger partial charge in [0, 0.05) is 84.9 Å². The summed E-state index contributed by atoms with van der Waals surface area (Å²) in [6, 6.07) is 24.3. The van der Waals surface area contributed by atoms with E-state index in [0.717, 1.165) is 67.1 Å². The van der Waals surface area contributed by atoms with E-state index in [-0.39, 0.29) is 12.7 Å². The maximum Gasteiger partial charge on any atom is 0.420 e. The Morgan fingerprint density at radius 3 is 1.23 bits per heavy atom. The van der Waals surface area contributed by atoms with Gasteiger partial charge in [0.25, 0.3) is 6.48 Å². The van der Waals surface area contributed by atoms with Crippen molar-refractivity contribution in [2.45, 2.75) is 205 Å². The summed E-state index contributed by atoms with van der Waals surface area (Å²) in [7, 11) is -2.79. The number of aromatic nitrogens is 21. The van der Waals surface area contributed by atoms with Crippen molar-refractivity contribution in [3.05, 3.63) is 202 Å². The lowest BCUT2D eigenvalue weighted by atomic mass is 9.98. The molecule has 694 valence electrons. The van der Waals surface area contributed by atoms with Gasteiger partial charge in [-0.1, -0.05) is 173 Å². The first kappa shape index (κ1) is 105. The van der Waals surface area contributed by atoms with Gasteiger partial charge in [0.2, 0.25) is 6.41 Å². The number of nitrogens with one attached hydrogen (secondary N) is 1. The number of nitrogens with zero attached hydrogens (tertiary/aromatic N) is 20. The van der Waals surface area contributed by atoms with E-state index in [0.29, 0.717) is 128 Å². The van der Waals surface area contributed by atoms with Crippen LogP contribution >= 0.6 is 81.2 Å². The highest BCUT2D eigenvalue weighted by Crippen LogP contribution is 2.44. The molecular weight excluding hydrogens is 1830 g/mol. The standard InChI is InChI=1S/C15H24ClN3Si.C14H12ClN3O.C12H14ClN3O2.C12H18ClN3OSi.C11H12ClN3O2.C11H14ClN3O2.C7H16O3.C6H4ClN3/c1-10(2)20(11(3)4,12(5)6)19-8-7-13-14(16)17-9-18-15(13)19;15-13-12-6-7-18(14(12)17-9-16-13)10-19-8-11-4-2-1-3-5-11;1-12(2,3)11(17)18-7-16-5-4-8-9(13)14-6-15-10(8)16;1-18(2,3)7-6-17-9-16-5-4-10-11(13)14-8-15-12(10)16;1-11(2,3)17-10(16)15-5-4-7-8(12)13-6-14-9(7)15;1-3-16-11(17-4-2)15-6-5-8-9(12)13-7-14-10(8)15;1-4-8-7(9-5-2)10-6-3;7-5-4-1-2-8-6(4)10-3-9-5/h7-12H,1-6H3;1-7,9H,8,10H2;4-6H,7H2,1-3H3;4-5,8H,6-7,9H2,1-3H3;4-6H,1-3H3;5-7,11H,3-4H2,1-2H3;7H,4-6H2,1-3H3;1-3H,(H,8,9,10). The van der Waals surface area contributed by atoms with Crippen LogP contribution in [0.4, 0.5) is 4.79 Å². The van der Waals surface area contributed by atoms with Gasteiger partial charge in [-0.15, -0.1) is 0 Å². The van der Waals surface area contributed by atoms with E-state index in [2.05, 4.69) is 152 Å². The Balaban J connectivity index is 0.000000184. The number of carbonyl (C=O) groups excluding carboxylic acids is 2. The average molecular weight is 1950 g/mol. The van der Waals surface area contributed by atoms with Crippen LogP contribution in [0.5, 0.6) is 0 Å². The molecule has 0 amide bonds. The molecule has 15 aromatic rings. The average Bonchev–Trinajstić information content (AvgIpc) is 1.70. The van der Waals surface area contributed by atoms with Crippen molar-refractivity contribution in [3.8, 4) is 0 Å². The summed E-state index contributed by atoms with van der Waals surface area (Å²) in [6.45, 7) is 46.4. The maximum absolute atomic E-state index is 11.9. The summed E-state index contributed by atoms with van der Waals surface area (Å²) in [4.78, 5) is 83.2. The normalized spacial score (nSPS) is 11.7. The highest BCUT2D eigenvalue weighted by Gasteiger charge is 2.46. The molecule has 0 fully saturated rings. The van der Waals surface area contributed by atoms with Gasteiger partial charge in [-0.3, -0.25) is 13.9 Å². The molecule has 32 nitrogen and oxygen atoms in total. The van der Waals surface area contributed by atoms with E-state index in [9.17, 15) is 9.59 Å². The minimum atomic E-state index is -1.77. The monoisotopic (exact) mass is 1940 g/mol. The fourth-order valence-corrected chi connectivity index (χ4v) is 22.0. The van der Waals surface area contributed by atoms with E-state index in [1.807, 2.05) is 138 Å². The van der Waals surface area contributed by atoms with Crippen LogP contribution in [0.15, 0.2) is 160 Å². The Morgan fingerprint density at radius 2 is 0.798 bits per heavy atom. The summed E-state index contributed by atoms with van der Waals surface area (Å²) >= 11 is 41.7. The zero-order chi connectivity index (χ0) is 94.3. The first-order valence-electron chi connectivity index (χ1n) is 41.8. The second-order valence-electron chi connectivity index (χ2n) is 32.6. The number of carbonyl (C=O) groups is 2. The second-order valence-corrected chi connectivity index (χ2v) is 46.4. The number of esters is 1. The number of rotatable bonds is 26. The van der Waals surface area contributed by atoms with E-state index in [1.54, 1.807) is 67.0 Å². The van der Waals surface area contributed by atoms with Gasteiger partial charge >= 0.3 is 12.1 Å². The summed E-state index contributed by atoms with van der Waals surface area (Å²) in [5.41, 5.74) is 7.15. The SMILES string of the molecule is CC(C)(C)C(=O)OCn1ccc2c(Cl)ncnc21.CC(C)(C)OC(=O)n1ccc2c(Cl)ncnc21.CC(C)[Si](C(C)C)(C(C)C)n1ccc2c(Cl)ncnc21.CCOC(OCC)OCC.CCOC(OCC)n1ccc2c(Cl)ncnc21.C[Si](C)(C)CCOCn1ccc2c(Cl)ncnc21.Clc1ncnc2[nH]ccc12.Clc1ncnc2c1ccn2COCc1ccccc1. The van der Waals surface area contributed by atoms with Crippen LogP contribution in [0, 0.1) is 5.41 Å². The van der Waals surface area contributed by atoms with Gasteiger partial charge in [-0.25, -0.2) is 79.1 Å². The van der Waals surface area contributed by atoms with Gasteiger partial charge in [0.15, 0.2) is 20.6 Å². The molecule has 15 rings (SSSR count). The highest BCUT2D eigenvalue weighted by molar-refractivity contribution is 6.82. The molecule has 1 aromatic carbocycles. The van der Waals surface area contributed by atoms with Crippen molar-refractivity contribution in [2.24, 2.45) is 5.41 Å². The van der Waals surface area contributed by atoms with Crippen molar-refractivity contribution < 1.29 is 52.2 Å². The third kappa shape index (κ3) is 29.6. The fourth-order valence-electron chi connectivity index (χ4n) is 13.4. The van der Waals surface area contributed by atoms with Gasteiger partial charge in [-0.2, -0.15) is 0 Å². The van der Waals surface area contributed by atoms with Crippen molar-refractivity contribution in [1.29, 1.82) is 0 Å². The Kier molecular flexibility index (Phi) is 41.0. The molecular formula is C88H114Cl7N21O11Si2. The highest BCUT2D eigenvalue weighted by atomic mass is 35.5. The quantitative estimate of drug-likeness (QED) is 0.0173. The van der Waals surface area contributed by atoms with E-state index in [4.69, 9.17) is 124 Å². The lowest BCUT2D eigenvalue weighted by Crippen LogP contribution is -2.51. The van der Waals surface area contributed by atoms with E-state index < -0.39 is 46.3 Å². The predicted octanol–water partition coefficient (Wildman–Crippen LogP) is 22.9. The second kappa shape index (κ2) is 50.3. The van der Waals surface area contributed by atoms with Crippen LogP contribution in [0.25, 0.3) is 77.2 Å². The van der Waals surface area contributed by atoms with Crippen LogP contribution in [0.2, 0.25) is 78.4 Å². The minimum absolute atomic E-state index is 0.118. The van der Waals surface area contributed by atoms with Gasteiger partial charge in [-0.05, 0) is 153 Å². The molecule has 0 saturated carbocycles. The van der Waals surface area contributed by atoms with Crippen molar-refractivity contribution in [2.75, 3.05) is 39.6 Å². The van der Waals surface area contributed by atoms with Crippen LogP contribution in [0.3, 0.4) is 0 Å². The summed E-state index contributed by atoms with van der Waals surface area (Å²) in [5, 5.41) is 8.83. The van der Waals surface area contributed by atoms with Crippen LogP contribution in [-0.2, 0) is 74.2 Å². The molecule has 41 heteroatoms. The Morgan fingerprint density at radius 1 is 0.419 bits per heavy atom. The molecule has 0 saturated heterocycles. The molecule has 0 aliphatic carbocycles. The molecule has 0 atom stereocenters. The van der Waals surface area contributed by atoms with Crippen LogP contribution in [-0.4, -0.2) is 182 Å². The zero-order valence-corrected chi connectivity index (χ0v) is 83.5. The zero-order valence-electron chi connectivity index (χ0n) is 76.3. The molecule has 0 spiro atoms. The molecule has 0 aliphatic heterocycles. The molecule has 0 aliphatic rings. The first-order valence-corrected chi connectivity index (χ1v) is 50.4. The summed E-state index contributed by atoms with van der Waals surface area (Å²) in [6.07, 6.45) is 22.1. The number of halogens is 7. The number of hydrogen-bond donors (Lipinski definition) is 1. The third-order valence-electron chi connectivity index (χ3n) is 19.2. The molecule has 14 aromatic heterocycles. The van der Waals surface area contributed by atoms with Crippen molar-refractivity contribution in [3.63, 3.8) is 0 Å². The topological polar surface area (TPSA) is 343 Å². The van der Waals surface area contributed by atoms with E-state index >= 15 is 0 Å². The predicted molar refractivity (Wildman–Crippen MR) is 514 cm³/mol. The summed E-state index contributed by atoms with van der Waals surface area (Å²) < 4.78 is 59.2. The molecule has 1 N–H and O–H groups in total. The van der Waals surface area contributed by atoms with Crippen molar-refractivity contribution >= 4 is 187 Å². The smallest absolute Gasteiger partial charge is 0.420 e. The first-order chi connectivity index (χ1) is 61.4. The minimum Gasteiger partial charge on any atom is -0.443 e. The molecule has 0 bridgehead atoms. The molecule has 0 radical (unpaired) electrons. The van der Waals surface area contributed by atoms with Crippen molar-refractivity contribution in [1.82, 2.24) is 102 Å². The molecule has 14 heterocycles. The van der Waals surface area contributed by atoms with Gasteiger partial charge in [0.1, 0.15) is 133 Å². The summed E-state index contributed by atoms with van der Waals surface area (Å²) in [5.74, 6) is -0.260. The van der Waals surface area contributed by atoms with Gasteiger partial charge < -0.3 is 61.0 Å². The Bertz CT molecular complexity index is 5950. The largest absolute Gasteiger partial charge is 0.443 e. The number of fused-ring (bicyclic) bond motifs is 7. The Labute approximate surface area is 787 Å².